The van der Waals surface area contributed by atoms with Gasteiger partial charge in [0.1, 0.15) is 5.82 Å². The van der Waals surface area contributed by atoms with Gasteiger partial charge in [0.05, 0.1) is 11.3 Å². The summed E-state index contributed by atoms with van der Waals surface area (Å²) in [6.45, 7) is 4.87. The average molecular weight is 484 g/mol. The highest BCUT2D eigenvalue weighted by atomic mass is 19.4. The number of aryl methyl sites for hydroxylation is 2. The van der Waals surface area contributed by atoms with Crippen molar-refractivity contribution in [3.05, 3.63) is 94.1 Å². The fourth-order valence-corrected chi connectivity index (χ4v) is 4.19. The van der Waals surface area contributed by atoms with Gasteiger partial charge in [0.2, 0.25) is 5.91 Å². The van der Waals surface area contributed by atoms with Gasteiger partial charge in [0, 0.05) is 50.9 Å². The molecule has 2 heterocycles. The molecule has 184 valence electrons. The topological polar surface area (TPSA) is 84.1 Å². The van der Waals surface area contributed by atoms with Gasteiger partial charge in [0.15, 0.2) is 0 Å². The highest BCUT2D eigenvalue weighted by Crippen LogP contribution is 2.31. The van der Waals surface area contributed by atoms with Gasteiger partial charge in [0.25, 0.3) is 0 Å². The van der Waals surface area contributed by atoms with E-state index in [1.54, 1.807) is 24.3 Å². The van der Waals surface area contributed by atoms with E-state index in [1.807, 2.05) is 24.3 Å². The number of amides is 1. The zero-order valence-electron chi connectivity index (χ0n) is 19.3. The Kier molecular flexibility index (Phi) is 7.77. The molecule has 0 spiro atoms. The van der Waals surface area contributed by atoms with Crippen LogP contribution in [0.25, 0.3) is 0 Å². The molecule has 0 aliphatic carbocycles. The number of primary amides is 1. The zero-order chi connectivity index (χ0) is 24.8. The molecule has 35 heavy (non-hydrogen) atoms. The Morgan fingerprint density at radius 3 is 2.40 bits per heavy atom. The van der Waals surface area contributed by atoms with Crippen molar-refractivity contribution in [2.24, 2.45) is 5.73 Å². The molecule has 0 unspecified atom stereocenters. The molecule has 0 atom stereocenters. The SMILES string of the molecule is NC(=O)c1cccc(CCc2nc(Cc3ccc(CN4CCNCC4)cc3)ncc2C(F)(F)F)c1. The second kappa shape index (κ2) is 11.0. The van der Waals surface area contributed by atoms with E-state index in [0.29, 0.717) is 24.2 Å². The Balaban J connectivity index is 1.47. The number of rotatable bonds is 8. The zero-order valence-corrected chi connectivity index (χ0v) is 19.3. The third kappa shape index (κ3) is 6.86. The largest absolute Gasteiger partial charge is 0.419 e. The second-order valence-corrected chi connectivity index (χ2v) is 8.73. The van der Waals surface area contributed by atoms with E-state index in [4.69, 9.17) is 5.73 Å². The fourth-order valence-electron chi connectivity index (χ4n) is 4.19. The quantitative estimate of drug-likeness (QED) is 0.513. The Labute approximate surface area is 202 Å². The lowest BCUT2D eigenvalue weighted by Gasteiger charge is -2.27. The van der Waals surface area contributed by atoms with Crippen molar-refractivity contribution in [2.45, 2.75) is 32.0 Å². The first-order valence-corrected chi connectivity index (χ1v) is 11.6. The van der Waals surface area contributed by atoms with Crippen molar-refractivity contribution in [1.29, 1.82) is 0 Å². The third-order valence-electron chi connectivity index (χ3n) is 6.09. The van der Waals surface area contributed by atoms with Gasteiger partial charge in [-0.3, -0.25) is 9.69 Å². The number of alkyl halides is 3. The molecule has 1 aliphatic heterocycles. The molecule has 2 aromatic carbocycles. The van der Waals surface area contributed by atoms with Crippen molar-refractivity contribution in [2.75, 3.05) is 26.2 Å². The normalized spacial score (nSPS) is 14.7. The lowest BCUT2D eigenvalue weighted by Crippen LogP contribution is -2.42. The fraction of sp³-hybridized carbons (Fsp3) is 0.346. The summed E-state index contributed by atoms with van der Waals surface area (Å²) in [6.07, 6.45) is -2.97. The number of halogens is 3. The van der Waals surface area contributed by atoms with Crippen LogP contribution >= 0.6 is 0 Å². The lowest BCUT2D eigenvalue weighted by molar-refractivity contribution is -0.138. The van der Waals surface area contributed by atoms with E-state index in [1.165, 1.54) is 5.56 Å². The first-order valence-electron chi connectivity index (χ1n) is 11.6. The summed E-state index contributed by atoms with van der Waals surface area (Å²) in [5.41, 5.74) is 7.59. The number of carbonyl (C=O) groups excluding carboxylic acids is 1. The number of nitrogens with one attached hydrogen (secondary N) is 1. The van der Waals surface area contributed by atoms with E-state index < -0.39 is 17.6 Å². The van der Waals surface area contributed by atoms with Crippen molar-refractivity contribution in [3.63, 3.8) is 0 Å². The maximum Gasteiger partial charge on any atom is 0.419 e. The van der Waals surface area contributed by atoms with Gasteiger partial charge in [-0.05, 0) is 41.7 Å². The van der Waals surface area contributed by atoms with Gasteiger partial charge >= 0.3 is 6.18 Å². The van der Waals surface area contributed by atoms with E-state index in [2.05, 4.69) is 20.2 Å². The van der Waals surface area contributed by atoms with Crippen LogP contribution in [0.2, 0.25) is 0 Å². The third-order valence-corrected chi connectivity index (χ3v) is 6.09. The molecule has 0 saturated carbocycles. The Bertz CT molecular complexity index is 1160. The summed E-state index contributed by atoms with van der Waals surface area (Å²) in [5, 5.41) is 3.34. The molecule has 1 aromatic heterocycles. The molecule has 1 aliphatic rings. The molecule has 3 aromatic rings. The molecule has 1 saturated heterocycles. The molecule has 0 radical (unpaired) electrons. The number of hydrogen-bond acceptors (Lipinski definition) is 5. The van der Waals surface area contributed by atoms with Crippen LogP contribution in [-0.4, -0.2) is 47.0 Å². The van der Waals surface area contributed by atoms with Crippen molar-refractivity contribution < 1.29 is 18.0 Å². The van der Waals surface area contributed by atoms with E-state index in [-0.39, 0.29) is 12.1 Å². The maximum atomic E-state index is 13.6. The molecule has 9 heteroatoms. The van der Waals surface area contributed by atoms with Gasteiger partial charge in [-0.1, -0.05) is 36.4 Å². The Morgan fingerprint density at radius 1 is 1.00 bits per heavy atom. The van der Waals surface area contributed by atoms with Crippen LogP contribution in [0.1, 0.15) is 44.1 Å². The minimum absolute atomic E-state index is 0.0534. The number of carbonyl (C=O) groups is 1. The van der Waals surface area contributed by atoms with Crippen LogP contribution in [-0.2, 0) is 32.0 Å². The van der Waals surface area contributed by atoms with Crippen LogP contribution in [0.15, 0.2) is 54.7 Å². The van der Waals surface area contributed by atoms with Crippen LogP contribution in [0.5, 0.6) is 0 Å². The minimum atomic E-state index is -4.55. The predicted molar refractivity (Wildman–Crippen MR) is 127 cm³/mol. The summed E-state index contributed by atoms with van der Waals surface area (Å²) < 4.78 is 40.8. The molecule has 1 fully saturated rings. The van der Waals surface area contributed by atoms with E-state index >= 15 is 0 Å². The number of benzene rings is 2. The van der Waals surface area contributed by atoms with E-state index in [9.17, 15) is 18.0 Å². The van der Waals surface area contributed by atoms with Crippen molar-refractivity contribution >= 4 is 5.91 Å². The summed E-state index contributed by atoms with van der Waals surface area (Å²) >= 11 is 0. The highest BCUT2D eigenvalue weighted by Gasteiger charge is 2.34. The first-order chi connectivity index (χ1) is 16.8. The number of hydrogen-bond donors (Lipinski definition) is 2. The van der Waals surface area contributed by atoms with Crippen LogP contribution in [0.3, 0.4) is 0 Å². The average Bonchev–Trinajstić information content (AvgIpc) is 2.84. The van der Waals surface area contributed by atoms with E-state index in [0.717, 1.165) is 50.0 Å². The number of piperazine rings is 1. The second-order valence-electron chi connectivity index (χ2n) is 8.73. The van der Waals surface area contributed by atoms with Gasteiger partial charge in [-0.15, -0.1) is 0 Å². The highest BCUT2D eigenvalue weighted by molar-refractivity contribution is 5.92. The molecule has 1 amide bonds. The molecule has 0 bridgehead atoms. The maximum absolute atomic E-state index is 13.6. The standard InChI is InChI=1S/C26H28F3N5O/c27-26(28,29)22-16-32-24(33-23(22)9-8-18-2-1-3-21(14-18)25(30)35)15-19-4-6-20(7-5-19)17-34-12-10-31-11-13-34/h1-7,14,16,31H,8-13,15,17H2,(H2,30,35). The van der Waals surface area contributed by atoms with Crippen molar-refractivity contribution in [1.82, 2.24) is 20.2 Å². The van der Waals surface area contributed by atoms with Crippen LogP contribution < -0.4 is 11.1 Å². The summed E-state index contributed by atoms with van der Waals surface area (Å²) in [4.78, 5) is 22.1. The molecule has 3 N–H and O–H groups in total. The summed E-state index contributed by atoms with van der Waals surface area (Å²) in [7, 11) is 0. The van der Waals surface area contributed by atoms with Crippen LogP contribution in [0, 0.1) is 0 Å². The van der Waals surface area contributed by atoms with Gasteiger partial charge in [-0.2, -0.15) is 13.2 Å². The number of nitrogens with zero attached hydrogens (tertiary/aromatic N) is 3. The van der Waals surface area contributed by atoms with Gasteiger partial charge in [-0.25, -0.2) is 9.97 Å². The molecular formula is C26H28F3N5O. The van der Waals surface area contributed by atoms with Gasteiger partial charge < -0.3 is 11.1 Å². The first kappa shape index (κ1) is 24.8. The number of nitrogens with two attached hydrogens (primary N) is 1. The molecular weight excluding hydrogens is 455 g/mol. The Hall–Kier alpha value is -3.30. The summed E-state index contributed by atoms with van der Waals surface area (Å²) in [6, 6.07) is 14.6. The monoisotopic (exact) mass is 483 g/mol. The smallest absolute Gasteiger partial charge is 0.366 e. The molecule has 4 rings (SSSR count). The number of aromatic nitrogens is 2. The van der Waals surface area contributed by atoms with Crippen LogP contribution in [0.4, 0.5) is 13.2 Å². The summed E-state index contributed by atoms with van der Waals surface area (Å²) in [5.74, 6) is -0.236. The lowest BCUT2D eigenvalue weighted by atomic mass is 10.0. The minimum Gasteiger partial charge on any atom is -0.366 e. The predicted octanol–water partition coefficient (Wildman–Crippen LogP) is 3.38. The Morgan fingerprint density at radius 2 is 1.71 bits per heavy atom. The molecule has 6 nitrogen and oxygen atoms in total. The van der Waals surface area contributed by atoms with Crippen molar-refractivity contribution in [3.8, 4) is 0 Å².